The van der Waals surface area contributed by atoms with Gasteiger partial charge >= 0.3 is 0 Å². The number of benzene rings is 1. The van der Waals surface area contributed by atoms with E-state index in [1.165, 1.54) is 0 Å². The molecule has 0 spiro atoms. The van der Waals surface area contributed by atoms with Crippen molar-refractivity contribution in [3.8, 4) is 5.75 Å². The van der Waals surface area contributed by atoms with E-state index in [0.717, 1.165) is 34.6 Å². The standard InChI is InChI=1S/C17H17NO2/c1-11-7-8-18-14-9-12(10-15(19)17(11)14)13-5-3-4-6-16(13)20-2/h3-8,12H,9-10H2,1-2H3. The van der Waals surface area contributed by atoms with Crippen LogP contribution in [0.4, 0.5) is 0 Å². The van der Waals surface area contributed by atoms with Crippen LogP contribution in [0.2, 0.25) is 0 Å². The first kappa shape index (κ1) is 12.9. The molecule has 1 atom stereocenters. The molecule has 102 valence electrons. The maximum atomic E-state index is 12.4. The number of fused-ring (bicyclic) bond motifs is 1. The molecule has 0 aliphatic heterocycles. The number of hydrogen-bond acceptors (Lipinski definition) is 3. The second-order valence-electron chi connectivity index (χ2n) is 5.22. The van der Waals surface area contributed by atoms with Gasteiger partial charge in [-0.3, -0.25) is 9.78 Å². The number of carbonyl (C=O) groups is 1. The van der Waals surface area contributed by atoms with Crippen LogP contribution in [0.3, 0.4) is 0 Å². The molecule has 0 saturated heterocycles. The summed E-state index contributed by atoms with van der Waals surface area (Å²) in [6.07, 6.45) is 3.11. The Balaban J connectivity index is 2.02. The summed E-state index contributed by atoms with van der Waals surface area (Å²) >= 11 is 0. The van der Waals surface area contributed by atoms with Crippen LogP contribution in [-0.4, -0.2) is 17.9 Å². The number of methoxy groups -OCH3 is 1. The fourth-order valence-corrected chi connectivity index (χ4v) is 3.01. The van der Waals surface area contributed by atoms with Crippen LogP contribution < -0.4 is 4.74 Å². The van der Waals surface area contributed by atoms with Crippen molar-refractivity contribution in [1.82, 2.24) is 4.98 Å². The summed E-state index contributed by atoms with van der Waals surface area (Å²) in [7, 11) is 1.67. The summed E-state index contributed by atoms with van der Waals surface area (Å²) in [5.41, 5.74) is 3.85. The van der Waals surface area contributed by atoms with Gasteiger partial charge in [0.2, 0.25) is 0 Å². The molecule has 0 N–H and O–H groups in total. The van der Waals surface area contributed by atoms with E-state index in [0.29, 0.717) is 6.42 Å². The third kappa shape index (κ3) is 2.09. The Morgan fingerprint density at radius 1 is 1.20 bits per heavy atom. The third-order valence-corrected chi connectivity index (χ3v) is 3.97. The molecule has 1 aromatic heterocycles. The number of Topliss-reactive ketones (excluding diaryl/α,β-unsaturated/α-hetero) is 1. The first-order valence-corrected chi connectivity index (χ1v) is 6.81. The lowest BCUT2D eigenvalue weighted by molar-refractivity contribution is 0.0962. The predicted molar refractivity (Wildman–Crippen MR) is 77.4 cm³/mol. The zero-order chi connectivity index (χ0) is 14.1. The van der Waals surface area contributed by atoms with E-state index in [2.05, 4.69) is 4.98 Å². The van der Waals surface area contributed by atoms with E-state index in [9.17, 15) is 4.79 Å². The van der Waals surface area contributed by atoms with E-state index >= 15 is 0 Å². The molecule has 0 radical (unpaired) electrons. The van der Waals surface area contributed by atoms with Gasteiger partial charge in [-0.15, -0.1) is 0 Å². The molecule has 2 aromatic rings. The number of para-hydroxylation sites is 1. The van der Waals surface area contributed by atoms with Gasteiger partial charge in [0.05, 0.1) is 12.8 Å². The van der Waals surface area contributed by atoms with Crippen LogP contribution >= 0.6 is 0 Å². The van der Waals surface area contributed by atoms with Gasteiger partial charge < -0.3 is 4.74 Å². The number of aromatic nitrogens is 1. The van der Waals surface area contributed by atoms with Gasteiger partial charge in [-0.2, -0.15) is 0 Å². The minimum Gasteiger partial charge on any atom is -0.496 e. The van der Waals surface area contributed by atoms with E-state index in [1.807, 2.05) is 37.3 Å². The number of nitrogens with zero attached hydrogens (tertiary/aromatic N) is 1. The Morgan fingerprint density at radius 2 is 2.00 bits per heavy atom. The molecule has 0 fully saturated rings. The fourth-order valence-electron chi connectivity index (χ4n) is 3.01. The number of hydrogen-bond donors (Lipinski definition) is 0. The third-order valence-electron chi connectivity index (χ3n) is 3.97. The maximum absolute atomic E-state index is 12.4. The van der Waals surface area contributed by atoms with Crippen molar-refractivity contribution in [3.05, 3.63) is 58.9 Å². The highest BCUT2D eigenvalue weighted by Gasteiger charge is 2.29. The molecule has 0 saturated carbocycles. The van der Waals surface area contributed by atoms with Crippen molar-refractivity contribution in [2.75, 3.05) is 7.11 Å². The minimum absolute atomic E-state index is 0.153. The molecule has 20 heavy (non-hydrogen) atoms. The van der Waals surface area contributed by atoms with E-state index in [4.69, 9.17) is 4.74 Å². The lowest BCUT2D eigenvalue weighted by atomic mass is 9.80. The molecule has 3 heteroatoms. The minimum atomic E-state index is 0.153. The molecule has 0 bridgehead atoms. The van der Waals surface area contributed by atoms with Gasteiger partial charge in [0.15, 0.2) is 5.78 Å². The Hall–Kier alpha value is -2.16. The topological polar surface area (TPSA) is 39.2 Å². The molecule has 1 unspecified atom stereocenters. The highest BCUT2D eigenvalue weighted by Crippen LogP contribution is 2.36. The maximum Gasteiger partial charge on any atom is 0.165 e. The molecule has 3 nitrogen and oxygen atoms in total. The van der Waals surface area contributed by atoms with Crippen LogP contribution in [0.1, 0.15) is 39.5 Å². The number of aryl methyl sites for hydroxylation is 1. The quantitative estimate of drug-likeness (QED) is 0.838. The summed E-state index contributed by atoms with van der Waals surface area (Å²) in [6, 6.07) is 9.82. The zero-order valence-electron chi connectivity index (χ0n) is 11.7. The van der Waals surface area contributed by atoms with Gasteiger partial charge in [0, 0.05) is 24.1 Å². The second kappa shape index (κ2) is 5.08. The largest absolute Gasteiger partial charge is 0.496 e. The van der Waals surface area contributed by atoms with Gasteiger partial charge in [0.25, 0.3) is 0 Å². The first-order chi connectivity index (χ1) is 9.70. The second-order valence-corrected chi connectivity index (χ2v) is 5.22. The molecule has 3 rings (SSSR count). The number of carbonyl (C=O) groups excluding carboxylic acids is 1. The monoisotopic (exact) mass is 267 g/mol. The Bertz CT molecular complexity index is 664. The van der Waals surface area contributed by atoms with Gasteiger partial charge in [-0.1, -0.05) is 18.2 Å². The molecule has 1 aliphatic rings. The predicted octanol–water partition coefficient (Wildman–Crippen LogP) is 3.31. The van der Waals surface area contributed by atoms with Gasteiger partial charge in [-0.25, -0.2) is 0 Å². The number of rotatable bonds is 2. The van der Waals surface area contributed by atoms with Gasteiger partial charge in [-0.05, 0) is 36.6 Å². The van der Waals surface area contributed by atoms with Crippen molar-refractivity contribution in [2.24, 2.45) is 0 Å². The molecule has 1 aromatic carbocycles. The number of ketones is 1. The summed E-state index contributed by atoms with van der Waals surface area (Å²) in [4.78, 5) is 16.8. The van der Waals surface area contributed by atoms with E-state index in [-0.39, 0.29) is 11.7 Å². The summed E-state index contributed by atoms with van der Waals surface area (Å²) in [6.45, 7) is 1.97. The summed E-state index contributed by atoms with van der Waals surface area (Å²) in [5.74, 6) is 1.19. The highest BCUT2D eigenvalue weighted by atomic mass is 16.5. The van der Waals surface area contributed by atoms with Crippen molar-refractivity contribution in [2.45, 2.75) is 25.7 Å². The van der Waals surface area contributed by atoms with Crippen LogP contribution in [0.25, 0.3) is 0 Å². The normalized spacial score (nSPS) is 17.7. The molecule has 1 aliphatic carbocycles. The summed E-state index contributed by atoms with van der Waals surface area (Å²) in [5, 5.41) is 0. The Kier molecular flexibility index (Phi) is 3.26. The lowest BCUT2D eigenvalue weighted by Crippen LogP contribution is -2.21. The van der Waals surface area contributed by atoms with Crippen LogP contribution in [0.5, 0.6) is 5.75 Å². The Morgan fingerprint density at radius 3 is 2.80 bits per heavy atom. The molecule has 1 heterocycles. The SMILES string of the molecule is COc1ccccc1C1CC(=O)c2c(C)ccnc2C1. The Labute approximate surface area is 118 Å². The van der Waals surface area contributed by atoms with Crippen LogP contribution in [0, 0.1) is 6.92 Å². The zero-order valence-corrected chi connectivity index (χ0v) is 11.7. The molecule has 0 amide bonds. The number of ether oxygens (including phenoxy) is 1. The van der Waals surface area contributed by atoms with Crippen molar-refractivity contribution in [3.63, 3.8) is 0 Å². The van der Waals surface area contributed by atoms with Crippen LogP contribution in [0.15, 0.2) is 36.5 Å². The van der Waals surface area contributed by atoms with Crippen molar-refractivity contribution >= 4 is 5.78 Å². The average molecular weight is 267 g/mol. The van der Waals surface area contributed by atoms with E-state index in [1.54, 1.807) is 13.3 Å². The van der Waals surface area contributed by atoms with Crippen molar-refractivity contribution in [1.29, 1.82) is 0 Å². The first-order valence-electron chi connectivity index (χ1n) is 6.81. The molecular formula is C17H17NO2. The lowest BCUT2D eigenvalue weighted by Gasteiger charge is -2.25. The van der Waals surface area contributed by atoms with Crippen molar-refractivity contribution < 1.29 is 9.53 Å². The summed E-state index contributed by atoms with van der Waals surface area (Å²) < 4.78 is 5.41. The van der Waals surface area contributed by atoms with E-state index < -0.39 is 0 Å². The average Bonchev–Trinajstić information content (AvgIpc) is 2.47. The highest BCUT2D eigenvalue weighted by molar-refractivity contribution is 6.00. The fraction of sp³-hybridized carbons (Fsp3) is 0.294. The molecular weight excluding hydrogens is 250 g/mol. The van der Waals surface area contributed by atoms with Gasteiger partial charge in [0.1, 0.15) is 5.75 Å². The number of pyridine rings is 1. The van der Waals surface area contributed by atoms with Crippen LogP contribution in [-0.2, 0) is 6.42 Å². The smallest absolute Gasteiger partial charge is 0.165 e.